The van der Waals surface area contributed by atoms with Gasteiger partial charge in [-0.1, -0.05) is 12.1 Å². The number of nitrogens with one attached hydrogen (secondary N) is 2. The molecule has 0 atom stereocenters. The number of halogens is 3. The van der Waals surface area contributed by atoms with Crippen molar-refractivity contribution in [1.29, 1.82) is 0 Å². The second-order valence-electron chi connectivity index (χ2n) is 9.52. The molecule has 0 spiro atoms. The summed E-state index contributed by atoms with van der Waals surface area (Å²) in [7, 11) is 0. The van der Waals surface area contributed by atoms with Crippen LogP contribution >= 0.6 is 0 Å². The smallest absolute Gasteiger partial charge is 0.322 e. The van der Waals surface area contributed by atoms with E-state index in [1.54, 1.807) is 29.2 Å². The number of amides is 1. The highest BCUT2D eigenvalue weighted by molar-refractivity contribution is 6.09. The molecule has 194 valence electrons. The molecule has 0 bridgehead atoms. The van der Waals surface area contributed by atoms with E-state index >= 15 is 0 Å². The lowest BCUT2D eigenvalue weighted by atomic mass is 9.74. The number of rotatable bonds is 6. The van der Waals surface area contributed by atoms with Crippen molar-refractivity contribution in [3.8, 4) is 22.5 Å². The summed E-state index contributed by atoms with van der Waals surface area (Å²) in [5.41, 5.74) is 4.86. The van der Waals surface area contributed by atoms with E-state index < -0.39 is 12.1 Å². The van der Waals surface area contributed by atoms with E-state index in [1.807, 2.05) is 31.2 Å². The number of H-pyrrole nitrogens is 1. The number of hydrogen-bond donors (Lipinski definition) is 2. The van der Waals surface area contributed by atoms with Gasteiger partial charge in [0.25, 0.3) is 5.91 Å². The van der Waals surface area contributed by atoms with Crippen LogP contribution in [0.3, 0.4) is 0 Å². The summed E-state index contributed by atoms with van der Waals surface area (Å²) in [5, 5.41) is 26.4. The molecule has 1 aromatic carbocycles. The van der Waals surface area contributed by atoms with Crippen molar-refractivity contribution in [2.24, 2.45) is 11.8 Å². The lowest BCUT2D eigenvalue weighted by molar-refractivity contribution is -0.205. The van der Waals surface area contributed by atoms with Gasteiger partial charge in [-0.25, -0.2) is 4.52 Å². The van der Waals surface area contributed by atoms with Crippen LogP contribution in [0.25, 0.3) is 28.0 Å². The molecular weight excluding hydrogens is 499 g/mol. The van der Waals surface area contributed by atoms with Crippen LogP contribution in [-0.2, 0) is 6.54 Å². The highest BCUT2D eigenvalue weighted by atomic mass is 19.4. The minimum atomic E-state index is -4.15. The minimum absolute atomic E-state index is 0.0776. The molecule has 1 aliphatic rings. The first-order chi connectivity index (χ1) is 18.2. The SMILES string of the molecule is Cc1ccc(-c2nnn(CC3CC(C(F)(F)F)C3)n2)cc1NC(=O)c1cnn2ccc(-c3cn[nH]c3)cc12. The van der Waals surface area contributed by atoms with E-state index in [0.29, 0.717) is 28.2 Å². The number of aryl methyl sites for hydroxylation is 1. The van der Waals surface area contributed by atoms with Crippen molar-refractivity contribution < 1.29 is 18.0 Å². The maximum absolute atomic E-state index is 13.2. The molecule has 0 saturated heterocycles. The Morgan fingerprint density at radius 3 is 2.74 bits per heavy atom. The number of anilines is 1. The van der Waals surface area contributed by atoms with E-state index in [-0.39, 0.29) is 31.2 Å². The van der Waals surface area contributed by atoms with Gasteiger partial charge >= 0.3 is 6.18 Å². The minimum Gasteiger partial charge on any atom is -0.322 e. The van der Waals surface area contributed by atoms with Gasteiger partial charge in [0, 0.05) is 29.2 Å². The Morgan fingerprint density at radius 1 is 1.13 bits per heavy atom. The Bertz CT molecular complexity index is 1610. The Labute approximate surface area is 213 Å². The van der Waals surface area contributed by atoms with Crippen LogP contribution < -0.4 is 5.32 Å². The van der Waals surface area contributed by atoms with Gasteiger partial charge in [-0.2, -0.15) is 28.2 Å². The van der Waals surface area contributed by atoms with Crippen molar-refractivity contribution in [3.63, 3.8) is 0 Å². The van der Waals surface area contributed by atoms with E-state index in [9.17, 15) is 18.0 Å². The number of carbonyl (C=O) groups excluding carboxylic acids is 1. The number of fused-ring (bicyclic) bond motifs is 1. The van der Waals surface area contributed by atoms with Gasteiger partial charge in [-0.15, -0.1) is 10.2 Å². The third-order valence-electron chi connectivity index (χ3n) is 6.91. The summed E-state index contributed by atoms with van der Waals surface area (Å²) in [6, 6.07) is 9.15. The number of hydrogen-bond acceptors (Lipinski definition) is 6. The fraction of sp³-hybridized carbons (Fsp3) is 0.280. The number of tetrazole rings is 1. The van der Waals surface area contributed by atoms with Crippen LogP contribution in [-0.4, -0.2) is 52.1 Å². The molecule has 10 nitrogen and oxygen atoms in total. The summed E-state index contributed by atoms with van der Waals surface area (Å²) in [5.74, 6) is -1.38. The second-order valence-corrected chi connectivity index (χ2v) is 9.52. The van der Waals surface area contributed by atoms with Crippen LogP contribution in [0, 0.1) is 18.8 Å². The Balaban J connectivity index is 1.19. The van der Waals surface area contributed by atoms with Crippen LogP contribution in [0.15, 0.2) is 55.1 Å². The van der Waals surface area contributed by atoms with Crippen LogP contribution in [0.1, 0.15) is 28.8 Å². The van der Waals surface area contributed by atoms with Gasteiger partial charge in [0.15, 0.2) is 0 Å². The number of nitrogens with zero attached hydrogens (tertiary/aromatic N) is 7. The van der Waals surface area contributed by atoms with Crippen molar-refractivity contribution >= 4 is 17.1 Å². The Kier molecular flexibility index (Phi) is 5.69. The van der Waals surface area contributed by atoms with Crippen molar-refractivity contribution in [2.75, 3.05) is 5.32 Å². The van der Waals surface area contributed by atoms with Crippen LogP contribution in [0.5, 0.6) is 0 Å². The monoisotopic (exact) mass is 521 g/mol. The fourth-order valence-electron chi connectivity index (χ4n) is 4.65. The van der Waals surface area contributed by atoms with E-state index in [4.69, 9.17) is 0 Å². The molecule has 5 aromatic rings. The summed E-state index contributed by atoms with van der Waals surface area (Å²) in [6.07, 6.45) is 2.77. The van der Waals surface area contributed by atoms with Crippen LogP contribution in [0.4, 0.5) is 18.9 Å². The van der Waals surface area contributed by atoms with E-state index in [0.717, 1.165) is 16.7 Å². The molecule has 0 radical (unpaired) electrons. The molecule has 1 saturated carbocycles. The van der Waals surface area contributed by atoms with E-state index in [2.05, 4.69) is 36.0 Å². The lowest BCUT2D eigenvalue weighted by Gasteiger charge is -2.35. The maximum Gasteiger partial charge on any atom is 0.391 e. The normalized spacial score (nSPS) is 17.5. The van der Waals surface area contributed by atoms with Gasteiger partial charge in [0.1, 0.15) is 0 Å². The van der Waals surface area contributed by atoms with Gasteiger partial charge in [0.05, 0.1) is 35.9 Å². The molecular formula is C25H22F3N9O. The summed E-state index contributed by atoms with van der Waals surface area (Å²) < 4.78 is 39.9. The molecule has 0 aliphatic heterocycles. The van der Waals surface area contributed by atoms with Gasteiger partial charge in [-0.3, -0.25) is 9.89 Å². The maximum atomic E-state index is 13.2. The second kappa shape index (κ2) is 9.08. The highest BCUT2D eigenvalue weighted by Crippen LogP contribution is 2.45. The third-order valence-corrected chi connectivity index (χ3v) is 6.91. The predicted octanol–water partition coefficient (Wildman–Crippen LogP) is 4.53. The number of benzene rings is 1. The first-order valence-electron chi connectivity index (χ1n) is 12.0. The van der Waals surface area contributed by atoms with Crippen molar-refractivity contribution in [3.05, 3.63) is 66.2 Å². The molecule has 4 heterocycles. The zero-order valence-corrected chi connectivity index (χ0v) is 20.1. The van der Waals surface area contributed by atoms with Gasteiger partial charge in [-0.05, 0) is 60.2 Å². The lowest BCUT2D eigenvalue weighted by Crippen LogP contribution is -2.37. The number of alkyl halides is 3. The summed E-state index contributed by atoms with van der Waals surface area (Å²) >= 11 is 0. The highest BCUT2D eigenvalue weighted by Gasteiger charge is 2.47. The third kappa shape index (κ3) is 4.51. The number of pyridine rings is 1. The summed E-state index contributed by atoms with van der Waals surface area (Å²) in [6.45, 7) is 2.15. The van der Waals surface area contributed by atoms with E-state index in [1.165, 1.54) is 11.0 Å². The average molecular weight is 522 g/mol. The van der Waals surface area contributed by atoms with Crippen molar-refractivity contribution in [1.82, 2.24) is 40.0 Å². The van der Waals surface area contributed by atoms with Gasteiger partial charge in [0.2, 0.25) is 5.82 Å². The van der Waals surface area contributed by atoms with Gasteiger partial charge < -0.3 is 5.32 Å². The largest absolute Gasteiger partial charge is 0.391 e. The average Bonchev–Trinajstić information content (AvgIpc) is 3.62. The zero-order chi connectivity index (χ0) is 26.4. The Hall–Kier alpha value is -4.55. The molecule has 1 amide bonds. The number of carbonyl (C=O) groups is 1. The standard InChI is InChI=1S/C25H22F3N9O/c1-14-2-3-17(23-33-35-37(34-23)13-15-6-19(7-15)25(26,27)28)8-21(14)32-24(38)20-12-31-36-5-4-16(9-22(20)36)18-10-29-30-11-18/h2-5,8-12,15,19H,6-7,13H2,1H3,(H,29,30)(H,32,38). The molecule has 38 heavy (non-hydrogen) atoms. The topological polar surface area (TPSA) is 119 Å². The number of aromatic amines is 1. The molecule has 13 heteroatoms. The van der Waals surface area contributed by atoms with Crippen LogP contribution in [0.2, 0.25) is 0 Å². The number of aromatic nitrogens is 8. The predicted molar refractivity (Wildman–Crippen MR) is 131 cm³/mol. The first-order valence-corrected chi connectivity index (χ1v) is 12.0. The first kappa shape index (κ1) is 23.8. The quantitative estimate of drug-likeness (QED) is 0.339. The molecule has 1 fully saturated rings. The zero-order valence-electron chi connectivity index (χ0n) is 20.1. The molecule has 1 aliphatic carbocycles. The molecule has 6 rings (SSSR count). The molecule has 2 N–H and O–H groups in total. The molecule has 0 unspecified atom stereocenters. The van der Waals surface area contributed by atoms with Crippen molar-refractivity contribution in [2.45, 2.75) is 32.5 Å². The molecule has 4 aromatic heterocycles. The fourth-order valence-corrected chi connectivity index (χ4v) is 4.65. The summed E-state index contributed by atoms with van der Waals surface area (Å²) in [4.78, 5) is 14.6. The Morgan fingerprint density at radius 2 is 1.97 bits per heavy atom.